The summed E-state index contributed by atoms with van der Waals surface area (Å²) >= 11 is 5.70. The van der Waals surface area contributed by atoms with Gasteiger partial charge in [-0.3, -0.25) is 9.59 Å². The Kier molecular flexibility index (Phi) is 3.43. The molecule has 1 amide bonds. The van der Waals surface area contributed by atoms with Crippen LogP contribution in [0.2, 0.25) is 5.15 Å². The summed E-state index contributed by atoms with van der Waals surface area (Å²) in [5.41, 5.74) is 0.286. The molecule has 2 rings (SSSR count). The third-order valence-electron chi connectivity index (χ3n) is 2.26. The van der Waals surface area contributed by atoms with Gasteiger partial charge in [0.15, 0.2) is 0 Å². The molecule has 0 aliphatic heterocycles. The van der Waals surface area contributed by atoms with Crippen molar-refractivity contribution in [2.75, 3.05) is 5.32 Å². The number of nitrogens with zero attached hydrogens (tertiary/aromatic N) is 1. The van der Waals surface area contributed by atoms with Crippen LogP contribution in [0, 0.1) is 6.92 Å². The Balaban J connectivity index is 2.25. The van der Waals surface area contributed by atoms with Crippen LogP contribution in [0.3, 0.4) is 0 Å². The maximum absolute atomic E-state index is 11.8. The highest BCUT2D eigenvalue weighted by Crippen LogP contribution is 2.09. The Labute approximate surface area is 108 Å². The molecule has 0 aliphatic carbocycles. The summed E-state index contributed by atoms with van der Waals surface area (Å²) in [7, 11) is 0. The molecule has 2 N–H and O–H groups in total. The predicted molar refractivity (Wildman–Crippen MR) is 69.0 cm³/mol. The number of aromatic amines is 1. The van der Waals surface area contributed by atoms with Gasteiger partial charge >= 0.3 is 0 Å². The first-order valence-electron chi connectivity index (χ1n) is 5.20. The van der Waals surface area contributed by atoms with Gasteiger partial charge in [-0.1, -0.05) is 17.7 Å². The largest absolute Gasteiger partial charge is 0.326 e. The lowest BCUT2D eigenvalue weighted by molar-refractivity contribution is 0.102. The minimum atomic E-state index is -0.522. The second-order valence-corrected chi connectivity index (χ2v) is 4.07. The molecule has 0 unspecified atom stereocenters. The molecule has 6 heteroatoms. The average molecular weight is 264 g/mol. The summed E-state index contributed by atoms with van der Waals surface area (Å²) in [6.45, 7) is 1.74. The zero-order valence-electron chi connectivity index (χ0n) is 9.53. The monoisotopic (exact) mass is 263 g/mol. The molecule has 18 heavy (non-hydrogen) atoms. The summed E-state index contributed by atoms with van der Waals surface area (Å²) in [5.74, 6) is -0.224. The minimum absolute atomic E-state index is 0.0300. The SMILES string of the molecule is Cc1ccc(C(=O)Nc2cccc(Cl)n2)c(=O)[nH]1. The van der Waals surface area contributed by atoms with E-state index in [1.54, 1.807) is 31.2 Å². The summed E-state index contributed by atoms with van der Waals surface area (Å²) in [5, 5.41) is 2.77. The van der Waals surface area contributed by atoms with Gasteiger partial charge in [0.25, 0.3) is 11.5 Å². The maximum Gasteiger partial charge on any atom is 0.262 e. The number of hydrogen-bond donors (Lipinski definition) is 2. The zero-order valence-corrected chi connectivity index (χ0v) is 10.3. The fourth-order valence-corrected chi connectivity index (χ4v) is 1.58. The number of hydrogen-bond acceptors (Lipinski definition) is 3. The lowest BCUT2D eigenvalue weighted by Gasteiger charge is -2.04. The molecule has 2 heterocycles. The summed E-state index contributed by atoms with van der Waals surface area (Å²) in [6.07, 6.45) is 0. The van der Waals surface area contributed by atoms with E-state index >= 15 is 0 Å². The number of rotatable bonds is 2. The van der Waals surface area contributed by atoms with E-state index in [1.807, 2.05) is 0 Å². The van der Waals surface area contributed by atoms with Crippen LogP contribution in [-0.4, -0.2) is 15.9 Å². The second kappa shape index (κ2) is 5.01. The number of pyridine rings is 2. The first kappa shape index (κ1) is 12.3. The van der Waals surface area contributed by atoms with E-state index in [0.717, 1.165) is 0 Å². The van der Waals surface area contributed by atoms with Crippen LogP contribution >= 0.6 is 11.6 Å². The van der Waals surface area contributed by atoms with Crippen molar-refractivity contribution in [3.05, 3.63) is 57.1 Å². The maximum atomic E-state index is 11.8. The fraction of sp³-hybridized carbons (Fsp3) is 0.0833. The summed E-state index contributed by atoms with van der Waals surface area (Å²) < 4.78 is 0. The van der Waals surface area contributed by atoms with Crippen molar-refractivity contribution < 1.29 is 4.79 Å². The van der Waals surface area contributed by atoms with E-state index in [4.69, 9.17) is 11.6 Å². The Hall–Kier alpha value is -2.14. The Morgan fingerprint density at radius 3 is 2.78 bits per heavy atom. The number of aromatic nitrogens is 2. The molecule has 0 saturated heterocycles. The van der Waals surface area contributed by atoms with E-state index in [0.29, 0.717) is 11.5 Å². The average Bonchev–Trinajstić information content (AvgIpc) is 2.28. The van der Waals surface area contributed by atoms with E-state index in [2.05, 4.69) is 15.3 Å². The van der Waals surface area contributed by atoms with E-state index in [-0.39, 0.29) is 10.7 Å². The van der Waals surface area contributed by atoms with Crippen LogP contribution in [-0.2, 0) is 0 Å². The highest BCUT2D eigenvalue weighted by atomic mass is 35.5. The number of carbonyl (C=O) groups is 1. The number of nitrogens with one attached hydrogen (secondary N) is 2. The molecule has 0 fully saturated rings. The Morgan fingerprint density at radius 1 is 1.33 bits per heavy atom. The van der Waals surface area contributed by atoms with Gasteiger partial charge in [0.05, 0.1) is 0 Å². The second-order valence-electron chi connectivity index (χ2n) is 3.68. The van der Waals surface area contributed by atoms with Gasteiger partial charge in [-0.05, 0) is 31.2 Å². The smallest absolute Gasteiger partial charge is 0.262 e. The number of anilines is 1. The molecule has 2 aromatic heterocycles. The van der Waals surface area contributed by atoms with Gasteiger partial charge < -0.3 is 10.3 Å². The van der Waals surface area contributed by atoms with Gasteiger partial charge in [-0.15, -0.1) is 0 Å². The first-order chi connectivity index (χ1) is 8.56. The van der Waals surface area contributed by atoms with Crippen molar-refractivity contribution in [1.82, 2.24) is 9.97 Å². The van der Waals surface area contributed by atoms with Gasteiger partial charge in [-0.25, -0.2) is 4.98 Å². The van der Waals surface area contributed by atoms with Crippen molar-refractivity contribution in [2.45, 2.75) is 6.92 Å². The van der Waals surface area contributed by atoms with Crippen LogP contribution in [0.25, 0.3) is 0 Å². The number of aryl methyl sites for hydroxylation is 1. The Bertz CT molecular complexity index is 652. The number of carbonyl (C=O) groups excluding carboxylic acids is 1. The normalized spacial score (nSPS) is 10.1. The molecule has 0 radical (unpaired) electrons. The molecule has 0 spiro atoms. The van der Waals surface area contributed by atoms with E-state index in [9.17, 15) is 9.59 Å². The first-order valence-corrected chi connectivity index (χ1v) is 5.58. The van der Waals surface area contributed by atoms with Crippen LogP contribution in [0.4, 0.5) is 5.82 Å². The number of H-pyrrole nitrogens is 1. The molecule has 2 aromatic rings. The lowest BCUT2D eigenvalue weighted by Crippen LogP contribution is -2.23. The van der Waals surface area contributed by atoms with Crippen molar-refractivity contribution in [3.8, 4) is 0 Å². The molecule has 5 nitrogen and oxygen atoms in total. The fourth-order valence-electron chi connectivity index (χ4n) is 1.41. The van der Waals surface area contributed by atoms with Crippen LogP contribution < -0.4 is 10.9 Å². The quantitative estimate of drug-likeness (QED) is 0.814. The highest BCUT2D eigenvalue weighted by Gasteiger charge is 2.11. The van der Waals surface area contributed by atoms with Gasteiger partial charge in [-0.2, -0.15) is 0 Å². The Morgan fingerprint density at radius 2 is 2.11 bits per heavy atom. The highest BCUT2D eigenvalue weighted by molar-refractivity contribution is 6.29. The standard InChI is InChI=1S/C12H10ClN3O2/c1-7-5-6-8(11(17)14-7)12(18)16-10-4-2-3-9(13)15-10/h2-6H,1H3,(H,14,17)(H,15,16,18). The lowest BCUT2D eigenvalue weighted by atomic mass is 10.2. The third-order valence-corrected chi connectivity index (χ3v) is 2.47. The number of amides is 1. The predicted octanol–water partition coefficient (Wildman–Crippen LogP) is 1.98. The topological polar surface area (TPSA) is 74.8 Å². The minimum Gasteiger partial charge on any atom is -0.326 e. The molecule has 0 atom stereocenters. The summed E-state index contributed by atoms with van der Waals surface area (Å²) in [6, 6.07) is 7.96. The third kappa shape index (κ3) is 2.75. The van der Waals surface area contributed by atoms with Crippen LogP contribution in [0.5, 0.6) is 0 Å². The number of halogens is 1. The molecular formula is C12H10ClN3O2. The van der Waals surface area contributed by atoms with Gasteiger partial charge in [0, 0.05) is 5.69 Å². The van der Waals surface area contributed by atoms with Crippen molar-refractivity contribution in [3.63, 3.8) is 0 Å². The molecule has 92 valence electrons. The van der Waals surface area contributed by atoms with Gasteiger partial charge in [0.1, 0.15) is 16.5 Å². The summed E-state index contributed by atoms with van der Waals surface area (Å²) in [4.78, 5) is 29.9. The van der Waals surface area contributed by atoms with Crippen LogP contribution in [0.15, 0.2) is 35.1 Å². The molecule has 0 saturated carbocycles. The van der Waals surface area contributed by atoms with E-state index in [1.165, 1.54) is 6.07 Å². The molecule has 0 aromatic carbocycles. The van der Waals surface area contributed by atoms with Crippen molar-refractivity contribution in [1.29, 1.82) is 0 Å². The van der Waals surface area contributed by atoms with Gasteiger partial charge in [0.2, 0.25) is 0 Å². The zero-order chi connectivity index (χ0) is 13.1. The molecule has 0 bridgehead atoms. The van der Waals surface area contributed by atoms with E-state index < -0.39 is 11.5 Å². The molecular weight excluding hydrogens is 254 g/mol. The van der Waals surface area contributed by atoms with Crippen LogP contribution in [0.1, 0.15) is 16.1 Å². The van der Waals surface area contributed by atoms with Crippen molar-refractivity contribution >= 4 is 23.3 Å². The molecule has 0 aliphatic rings. The van der Waals surface area contributed by atoms with Crippen molar-refractivity contribution in [2.24, 2.45) is 0 Å².